The lowest BCUT2D eigenvalue weighted by molar-refractivity contribution is 0.575. The van der Waals surface area contributed by atoms with Crippen molar-refractivity contribution in [2.75, 3.05) is 0 Å². The van der Waals surface area contributed by atoms with Gasteiger partial charge in [-0.05, 0) is 20.8 Å². The van der Waals surface area contributed by atoms with E-state index < -0.39 is 11.4 Å². The maximum atomic E-state index is 11.0. The first-order chi connectivity index (χ1) is 6.93. The quantitative estimate of drug-likeness (QED) is 0.783. The highest BCUT2D eigenvalue weighted by Gasteiger charge is 2.15. The maximum Gasteiger partial charge on any atom is 0.132 e. The third-order valence-corrected chi connectivity index (χ3v) is 3.91. The monoisotopic (exact) mass is 229 g/mol. The van der Waals surface area contributed by atoms with Crippen LogP contribution in [-0.2, 0) is 24.8 Å². The van der Waals surface area contributed by atoms with Gasteiger partial charge >= 0.3 is 0 Å². The molecule has 1 heterocycles. The molecule has 0 saturated heterocycles. The fourth-order valence-electron chi connectivity index (χ4n) is 1.46. The molecule has 86 valence electrons. The fraction of sp³-hybridized carbons (Fsp3) is 0.700. The Labute approximate surface area is 94.2 Å². The summed E-state index contributed by atoms with van der Waals surface area (Å²) in [5.41, 5.74) is 2.25. The van der Waals surface area contributed by atoms with Crippen LogP contribution in [0.4, 0.5) is 0 Å². The Morgan fingerprint density at radius 1 is 1.53 bits per heavy atom. The largest absolute Gasteiger partial charge is 0.598 e. The third kappa shape index (κ3) is 2.96. The van der Waals surface area contributed by atoms with Crippen molar-refractivity contribution < 1.29 is 4.55 Å². The molecular formula is C10H19N3OS. The van der Waals surface area contributed by atoms with Gasteiger partial charge in [0.2, 0.25) is 0 Å². The molecular weight excluding hydrogens is 210 g/mol. The van der Waals surface area contributed by atoms with Gasteiger partial charge in [-0.3, -0.25) is 0 Å². The number of imidazole rings is 1. The highest BCUT2D eigenvalue weighted by atomic mass is 32.2. The second kappa shape index (κ2) is 5.01. The first-order valence-electron chi connectivity index (χ1n) is 5.07. The molecule has 15 heavy (non-hydrogen) atoms. The topological polar surface area (TPSA) is 66.9 Å². The Morgan fingerprint density at radius 3 is 2.53 bits per heavy atom. The van der Waals surface area contributed by atoms with Gasteiger partial charge in [0.1, 0.15) is 11.1 Å². The van der Waals surface area contributed by atoms with Crippen molar-refractivity contribution >= 4 is 11.4 Å². The van der Waals surface area contributed by atoms with E-state index in [-0.39, 0.29) is 5.25 Å². The van der Waals surface area contributed by atoms with Crippen molar-refractivity contribution in [2.24, 2.45) is 12.2 Å². The summed E-state index contributed by atoms with van der Waals surface area (Å²) in [6.45, 7) is 5.96. The van der Waals surface area contributed by atoms with E-state index in [1.54, 1.807) is 0 Å². The summed E-state index contributed by atoms with van der Waals surface area (Å²) < 4.78 is 13.1. The summed E-state index contributed by atoms with van der Waals surface area (Å²) in [5, 5.41) is 5.35. The zero-order valence-corrected chi connectivity index (χ0v) is 10.6. The van der Waals surface area contributed by atoms with Gasteiger partial charge in [-0.2, -0.15) is 5.14 Å². The lowest BCUT2D eigenvalue weighted by atomic mass is 10.2. The molecule has 0 aliphatic rings. The molecule has 0 radical (unpaired) electrons. The minimum absolute atomic E-state index is 0.0299. The van der Waals surface area contributed by atoms with Crippen LogP contribution in [0.1, 0.15) is 30.6 Å². The van der Waals surface area contributed by atoms with Gasteiger partial charge in [0.15, 0.2) is 0 Å². The van der Waals surface area contributed by atoms with Crippen LogP contribution in [0.25, 0.3) is 0 Å². The van der Waals surface area contributed by atoms with E-state index in [1.165, 1.54) is 5.69 Å². The molecule has 2 unspecified atom stereocenters. The van der Waals surface area contributed by atoms with Gasteiger partial charge in [-0.1, -0.05) is 0 Å². The first kappa shape index (κ1) is 12.5. The summed E-state index contributed by atoms with van der Waals surface area (Å²) in [5.74, 6) is 1.04. The van der Waals surface area contributed by atoms with E-state index in [2.05, 4.69) is 16.5 Å². The van der Waals surface area contributed by atoms with Gasteiger partial charge in [0.05, 0.1) is 5.69 Å². The molecule has 5 heteroatoms. The van der Waals surface area contributed by atoms with E-state index in [4.69, 9.17) is 5.14 Å². The average molecular weight is 229 g/mol. The summed E-state index contributed by atoms with van der Waals surface area (Å²) in [4.78, 5) is 4.46. The predicted molar refractivity (Wildman–Crippen MR) is 62.8 cm³/mol. The Kier molecular flexibility index (Phi) is 4.19. The van der Waals surface area contributed by atoms with Gasteiger partial charge in [-0.15, -0.1) is 0 Å². The molecule has 1 aromatic rings. The third-order valence-electron chi connectivity index (χ3n) is 2.88. The van der Waals surface area contributed by atoms with Gasteiger partial charge in [0, 0.05) is 36.9 Å². The summed E-state index contributed by atoms with van der Waals surface area (Å²) in [6.07, 6.45) is 1.64. The second-order valence-electron chi connectivity index (χ2n) is 3.94. The van der Waals surface area contributed by atoms with Crippen LogP contribution in [-0.4, -0.2) is 19.4 Å². The van der Waals surface area contributed by atoms with E-state index >= 15 is 0 Å². The molecule has 0 aromatic carbocycles. The maximum absolute atomic E-state index is 11.0. The molecule has 0 aliphatic heterocycles. The molecule has 0 bridgehead atoms. The van der Waals surface area contributed by atoms with Crippen LogP contribution in [0.3, 0.4) is 0 Å². The standard InChI is InChI=1S/C10H19N3OS/c1-7(15(11)14)5-6-10-12-8(2)9(3)13(10)4/h7H,5-6,11H2,1-4H3. The number of nitrogens with zero attached hydrogens (tertiary/aromatic N) is 2. The molecule has 2 N–H and O–H groups in total. The summed E-state index contributed by atoms with van der Waals surface area (Å²) in [6, 6.07) is 0. The number of hydrogen-bond acceptors (Lipinski definition) is 3. The van der Waals surface area contributed by atoms with Crippen molar-refractivity contribution in [3.05, 3.63) is 17.2 Å². The zero-order chi connectivity index (χ0) is 11.6. The van der Waals surface area contributed by atoms with Crippen molar-refractivity contribution in [3.63, 3.8) is 0 Å². The number of rotatable bonds is 4. The predicted octanol–water partition coefficient (Wildman–Crippen LogP) is 0.980. The molecule has 0 fully saturated rings. The van der Waals surface area contributed by atoms with E-state index in [9.17, 15) is 4.55 Å². The van der Waals surface area contributed by atoms with Crippen LogP contribution in [0, 0.1) is 13.8 Å². The van der Waals surface area contributed by atoms with E-state index in [0.29, 0.717) is 0 Å². The van der Waals surface area contributed by atoms with Crippen molar-refractivity contribution in [1.82, 2.24) is 9.55 Å². The highest BCUT2D eigenvalue weighted by Crippen LogP contribution is 2.12. The minimum Gasteiger partial charge on any atom is -0.598 e. The zero-order valence-electron chi connectivity index (χ0n) is 9.78. The summed E-state index contributed by atoms with van der Waals surface area (Å²) in [7, 11) is 2.01. The van der Waals surface area contributed by atoms with Crippen molar-refractivity contribution in [2.45, 2.75) is 38.9 Å². The summed E-state index contributed by atoms with van der Waals surface area (Å²) >= 11 is -1.23. The fourth-order valence-corrected chi connectivity index (χ4v) is 1.81. The van der Waals surface area contributed by atoms with Crippen molar-refractivity contribution in [1.29, 1.82) is 0 Å². The highest BCUT2D eigenvalue weighted by molar-refractivity contribution is 7.89. The lowest BCUT2D eigenvalue weighted by Crippen LogP contribution is -2.26. The number of nitrogens with two attached hydrogens (primary N) is 1. The van der Waals surface area contributed by atoms with Gasteiger partial charge in [-0.25, -0.2) is 4.98 Å². The Hall–Kier alpha value is -0.520. The van der Waals surface area contributed by atoms with Crippen LogP contribution in [0.2, 0.25) is 0 Å². The van der Waals surface area contributed by atoms with Crippen LogP contribution in [0.5, 0.6) is 0 Å². The molecule has 0 aliphatic carbocycles. The number of aryl methyl sites for hydroxylation is 2. The molecule has 1 aromatic heterocycles. The average Bonchev–Trinajstić information content (AvgIpc) is 2.42. The molecule has 0 spiro atoms. The van der Waals surface area contributed by atoms with Gasteiger partial charge in [0.25, 0.3) is 0 Å². The molecule has 1 rings (SSSR count). The smallest absolute Gasteiger partial charge is 0.132 e. The van der Waals surface area contributed by atoms with Crippen LogP contribution in [0.15, 0.2) is 0 Å². The SMILES string of the molecule is Cc1nc(CCC(C)[S+](N)[O-])n(C)c1C. The lowest BCUT2D eigenvalue weighted by Gasteiger charge is -2.11. The van der Waals surface area contributed by atoms with Crippen LogP contribution >= 0.6 is 0 Å². The Morgan fingerprint density at radius 2 is 2.13 bits per heavy atom. The number of hydrogen-bond donors (Lipinski definition) is 1. The van der Waals surface area contributed by atoms with Crippen LogP contribution < -0.4 is 5.14 Å². The Balaban J connectivity index is 2.62. The Bertz CT molecular complexity index is 336. The second-order valence-corrected chi connectivity index (χ2v) is 5.40. The van der Waals surface area contributed by atoms with Crippen molar-refractivity contribution in [3.8, 4) is 0 Å². The van der Waals surface area contributed by atoms with E-state index in [1.807, 2.05) is 20.9 Å². The normalized spacial score (nSPS) is 15.3. The van der Waals surface area contributed by atoms with Gasteiger partial charge < -0.3 is 9.12 Å². The molecule has 4 nitrogen and oxygen atoms in total. The minimum atomic E-state index is -1.23. The first-order valence-corrected chi connectivity index (χ1v) is 6.35. The number of aromatic nitrogens is 2. The molecule has 2 atom stereocenters. The molecule has 0 amide bonds. The molecule has 0 saturated carbocycles. The van der Waals surface area contributed by atoms with E-state index in [0.717, 1.165) is 24.4 Å².